The zero-order valence-corrected chi connectivity index (χ0v) is 18.4. The number of methoxy groups -OCH3 is 1. The van der Waals surface area contributed by atoms with Crippen molar-refractivity contribution in [1.29, 1.82) is 0 Å². The molecule has 0 aliphatic carbocycles. The fourth-order valence-corrected chi connectivity index (χ4v) is 3.43. The van der Waals surface area contributed by atoms with E-state index >= 15 is 0 Å². The first-order valence-electron chi connectivity index (χ1n) is 8.98. The molecule has 0 radical (unpaired) electrons. The molecule has 0 aliphatic rings. The fraction of sp³-hybridized carbons (Fsp3) is 0.368. The lowest BCUT2D eigenvalue weighted by Gasteiger charge is -2.12. The minimum Gasteiger partial charge on any atom is -0.494 e. The van der Waals surface area contributed by atoms with Crippen molar-refractivity contribution in [2.24, 2.45) is 19.1 Å². The largest absolute Gasteiger partial charge is 0.494 e. The van der Waals surface area contributed by atoms with Crippen LogP contribution < -0.4 is 16.6 Å². The minimum atomic E-state index is -0.712. The number of benzene rings is 1. The number of rotatable bonds is 8. The van der Waals surface area contributed by atoms with Crippen molar-refractivity contribution in [2.75, 3.05) is 26.0 Å². The van der Waals surface area contributed by atoms with Crippen LogP contribution in [0.5, 0.6) is 5.88 Å². The number of nitrogens with one attached hydrogen (secondary N) is 1. The molecular weight excluding hydrogens is 432 g/mol. The van der Waals surface area contributed by atoms with E-state index in [1.54, 1.807) is 31.4 Å². The van der Waals surface area contributed by atoms with E-state index in [0.717, 1.165) is 20.9 Å². The third-order valence-electron chi connectivity index (χ3n) is 4.09. The number of nitrogens with zero attached hydrogens (tertiary/aromatic N) is 3. The number of aliphatic imine (C=N–C) groups is 1. The highest BCUT2D eigenvalue weighted by atomic mass is 35.5. The molecule has 2 N–H and O–H groups in total. The second kappa shape index (κ2) is 11.0. The number of aromatic hydroxyl groups is 1. The predicted molar refractivity (Wildman–Crippen MR) is 118 cm³/mol. The Morgan fingerprint density at radius 2 is 1.90 bits per heavy atom. The molecule has 0 atom stereocenters. The highest BCUT2D eigenvalue weighted by molar-refractivity contribution is 8.15. The third kappa shape index (κ3) is 5.97. The van der Waals surface area contributed by atoms with E-state index in [1.807, 2.05) is 0 Å². The Hall–Kier alpha value is -2.56. The Morgan fingerprint density at radius 1 is 1.23 bits per heavy atom. The van der Waals surface area contributed by atoms with E-state index in [9.17, 15) is 19.5 Å². The summed E-state index contributed by atoms with van der Waals surface area (Å²) in [4.78, 5) is 41.3. The molecule has 30 heavy (non-hydrogen) atoms. The highest BCUT2D eigenvalue weighted by Gasteiger charge is 2.21. The van der Waals surface area contributed by atoms with Gasteiger partial charge in [0.1, 0.15) is 10.6 Å². The van der Waals surface area contributed by atoms with Gasteiger partial charge in [0, 0.05) is 39.4 Å². The molecule has 0 bridgehead atoms. The van der Waals surface area contributed by atoms with Crippen molar-refractivity contribution in [2.45, 2.75) is 6.42 Å². The van der Waals surface area contributed by atoms with Gasteiger partial charge >= 0.3 is 5.69 Å². The van der Waals surface area contributed by atoms with E-state index in [4.69, 9.17) is 16.3 Å². The monoisotopic (exact) mass is 454 g/mol. The molecule has 2 aromatic rings. The van der Waals surface area contributed by atoms with Crippen molar-refractivity contribution < 1.29 is 14.6 Å². The first-order chi connectivity index (χ1) is 14.3. The van der Waals surface area contributed by atoms with E-state index in [-0.39, 0.29) is 22.3 Å². The van der Waals surface area contributed by atoms with Gasteiger partial charge in [-0.15, -0.1) is 0 Å². The van der Waals surface area contributed by atoms with Gasteiger partial charge in [-0.25, -0.2) is 9.79 Å². The summed E-state index contributed by atoms with van der Waals surface area (Å²) in [5.41, 5.74) is -1.08. The lowest BCUT2D eigenvalue weighted by atomic mass is 10.3. The van der Waals surface area contributed by atoms with Crippen molar-refractivity contribution in [3.05, 3.63) is 55.7 Å². The summed E-state index contributed by atoms with van der Waals surface area (Å²) >= 11 is 6.88. The Balaban J connectivity index is 2.39. The number of halogens is 1. The van der Waals surface area contributed by atoms with Crippen LogP contribution in [0.15, 0.2) is 38.8 Å². The first-order valence-corrected chi connectivity index (χ1v) is 10.3. The second-order valence-electron chi connectivity index (χ2n) is 6.28. The van der Waals surface area contributed by atoms with Gasteiger partial charge in [-0.05, 0) is 30.7 Å². The molecule has 0 aliphatic heterocycles. The van der Waals surface area contributed by atoms with Gasteiger partial charge in [0.15, 0.2) is 0 Å². The molecule has 162 valence electrons. The number of thioether (sulfide) groups is 1. The molecule has 9 nitrogen and oxygen atoms in total. The van der Waals surface area contributed by atoms with E-state index < -0.39 is 17.1 Å². The zero-order chi connectivity index (χ0) is 22.3. The number of ether oxygens (including phenoxy) is 1. The Morgan fingerprint density at radius 3 is 2.53 bits per heavy atom. The van der Waals surface area contributed by atoms with Crippen LogP contribution >= 0.6 is 23.4 Å². The summed E-state index contributed by atoms with van der Waals surface area (Å²) in [5.74, 6) is -0.824. The molecule has 1 amide bonds. The number of carbonyl (C=O) groups excluding carboxylic acids is 1. The van der Waals surface area contributed by atoms with Gasteiger partial charge in [-0.3, -0.25) is 18.7 Å². The van der Waals surface area contributed by atoms with Gasteiger partial charge in [-0.2, -0.15) is 0 Å². The molecule has 1 aromatic carbocycles. The predicted octanol–water partition coefficient (Wildman–Crippen LogP) is 1.41. The maximum absolute atomic E-state index is 12.7. The number of aromatic nitrogens is 2. The quantitative estimate of drug-likeness (QED) is 0.354. The summed E-state index contributed by atoms with van der Waals surface area (Å²) in [5, 5.41) is 13.8. The zero-order valence-electron chi connectivity index (χ0n) is 16.8. The van der Waals surface area contributed by atoms with Gasteiger partial charge in [-0.1, -0.05) is 23.4 Å². The molecule has 1 aromatic heterocycles. The summed E-state index contributed by atoms with van der Waals surface area (Å²) < 4.78 is 6.75. The number of carbonyl (C=O) groups is 1. The average Bonchev–Trinajstić information content (AvgIpc) is 2.73. The summed E-state index contributed by atoms with van der Waals surface area (Å²) in [6, 6.07) is 6.53. The van der Waals surface area contributed by atoms with Crippen LogP contribution in [0.25, 0.3) is 0 Å². The molecule has 0 unspecified atom stereocenters. The molecule has 0 spiro atoms. The van der Waals surface area contributed by atoms with Gasteiger partial charge in [0.25, 0.3) is 5.56 Å². The van der Waals surface area contributed by atoms with Crippen molar-refractivity contribution in [1.82, 2.24) is 14.5 Å². The topological polar surface area (TPSA) is 115 Å². The van der Waals surface area contributed by atoms with E-state index in [0.29, 0.717) is 30.3 Å². The molecule has 1 heterocycles. The number of amides is 1. The second-order valence-corrected chi connectivity index (χ2v) is 7.68. The summed E-state index contributed by atoms with van der Waals surface area (Å²) in [6.07, 6.45) is 0.667. The maximum Gasteiger partial charge on any atom is 0.333 e. The normalized spacial score (nSPS) is 11.5. The van der Waals surface area contributed by atoms with Crippen LogP contribution in [0.2, 0.25) is 5.02 Å². The molecule has 0 saturated carbocycles. The average molecular weight is 455 g/mol. The van der Waals surface area contributed by atoms with Crippen molar-refractivity contribution >= 4 is 40.0 Å². The van der Waals surface area contributed by atoms with Gasteiger partial charge < -0.3 is 15.2 Å². The lowest BCUT2D eigenvalue weighted by Crippen LogP contribution is -2.39. The van der Waals surface area contributed by atoms with Crippen molar-refractivity contribution in [3.8, 4) is 5.88 Å². The van der Waals surface area contributed by atoms with Crippen LogP contribution in [0.3, 0.4) is 0 Å². The van der Waals surface area contributed by atoms with E-state index in [2.05, 4.69) is 10.3 Å². The lowest BCUT2D eigenvalue weighted by molar-refractivity contribution is -0.118. The highest BCUT2D eigenvalue weighted by Crippen LogP contribution is 2.24. The van der Waals surface area contributed by atoms with Crippen LogP contribution in [0, 0.1) is 0 Å². The van der Waals surface area contributed by atoms with Crippen LogP contribution in [0.1, 0.15) is 12.0 Å². The van der Waals surface area contributed by atoms with Crippen LogP contribution in [-0.4, -0.2) is 51.2 Å². The number of hydrogen-bond acceptors (Lipinski definition) is 7. The Kier molecular flexibility index (Phi) is 8.70. The van der Waals surface area contributed by atoms with E-state index in [1.165, 1.54) is 14.1 Å². The SMILES string of the molecule is COCCCNC(=O)CSC(=Nc1ccc(Cl)cc1)c1c(O)n(C)c(=O)n(C)c1=O. The fourth-order valence-electron chi connectivity index (χ4n) is 2.44. The van der Waals surface area contributed by atoms with Gasteiger partial charge in [0.2, 0.25) is 11.8 Å². The molecule has 11 heteroatoms. The Labute approximate surface area is 182 Å². The molecule has 0 saturated heterocycles. The molecule has 2 rings (SSSR count). The van der Waals surface area contributed by atoms with Crippen LogP contribution in [0.4, 0.5) is 5.69 Å². The summed E-state index contributed by atoms with van der Waals surface area (Å²) in [7, 11) is 4.23. The molecular formula is C19H23ClN4O5S. The Bertz CT molecular complexity index is 1050. The minimum absolute atomic E-state index is 0.0369. The van der Waals surface area contributed by atoms with Crippen LogP contribution in [-0.2, 0) is 23.6 Å². The summed E-state index contributed by atoms with van der Waals surface area (Å²) in [6.45, 7) is 0.975. The number of hydrogen-bond donors (Lipinski definition) is 2. The first kappa shape index (κ1) is 23.7. The van der Waals surface area contributed by atoms with Crippen molar-refractivity contribution in [3.63, 3.8) is 0 Å². The molecule has 0 fully saturated rings. The van der Waals surface area contributed by atoms with Gasteiger partial charge in [0.05, 0.1) is 11.4 Å². The maximum atomic E-state index is 12.7. The smallest absolute Gasteiger partial charge is 0.333 e. The third-order valence-corrected chi connectivity index (χ3v) is 5.32. The standard InChI is InChI=1S/C19H23ClN4O5S/c1-23-17(26)15(18(27)24(2)19(23)28)16(22-13-7-5-12(20)6-8-13)30-11-14(25)21-9-4-10-29-3/h5-8,26H,4,9-11H2,1-3H3,(H,21,25).